The van der Waals surface area contributed by atoms with Crippen molar-refractivity contribution in [2.75, 3.05) is 26.3 Å². The molecule has 0 aliphatic carbocycles. The summed E-state index contributed by atoms with van der Waals surface area (Å²) in [6.07, 6.45) is 3.84. The summed E-state index contributed by atoms with van der Waals surface area (Å²) in [7, 11) is 0. The molecule has 154 valence electrons. The van der Waals surface area contributed by atoms with Gasteiger partial charge in [0.1, 0.15) is 19.0 Å². The van der Waals surface area contributed by atoms with Crippen molar-refractivity contribution in [3.63, 3.8) is 0 Å². The van der Waals surface area contributed by atoms with Crippen LogP contribution in [0.15, 0.2) is 30.5 Å². The number of hydrogen-bond acceptors (Lipinski definition) is 5. The Labute approximate surface area is 169 Å². The molecule has 8 heteroatoms. The summed E-state index contributed by atoms with van der Waals surface area (Å²) in [5.41, 5.74) is 4.04. The Hall–Kier alpha value is -2.71. The molecule has 1 fully saturated rings. The van der Waals surface area contributed by atoms with Crippen LogP contribution in [0.1, 0.15) is 35.8 Å². The number of carbonyl (C=O) groups excluding carboxylic acids is 1. The van der Waals surface area contributed by atoms with Gasteiger partial charge in [0.25, 0.3) is 0 Å². The maximum Gasteiger partial charge on any atom is 0.248 e. The number of amides is 1. The van der Waals surface area contributed by atoms with Gasteiger partial charge in [0, 0.05) is 25.2 Å². The zero-order valence-corrected chi connectivity index (χ0v) is 16.7. The van der Waals surface area contributed by atoms with E-state index in [2.05, 4.69) is 15.1 Å². The number of nitrogens with one attached hydrogen (secondary N) is 1. The van der Waals surface area contributed by atoms with Crippen molar-refractivity contribution >= 4 is 16.9 Å². The van der Waals surface area contributed by atoms with E-state index in [1.165, 1.54) is 5.56 Å². The predicted molar refractivity (Wildman–Crippen MR) is 108 cm³/mol. The van der Waals surface area contributed by atoms with Crippen LogP contribution in [0.2, 0.25) is 0 Å². The lowest BCUT2D eigenvalue weighted by molar-refractivity contribution is -0.137. The first-order valence-electron chi connectivity index (χ1n) is 10.1. The summed E-state index contributed by atoms with van der Waals surface area (Å²) in [5, 5.41) is 13.6. The highest BCUT2D eigenvalue weighted by atomic mass is 16.5. The quantitative estimate of drug-likeness (QED) is 0.636. The van der Waals surface area contributed by atoms with E-state index in [1.54, 1.807) is 4.68 Å². The van der Waals surface area contributed by atoms with Crippen molar-refractivity contribution in [2.45, 2.75) is 38.8 Å². The van der Waals surface area contributed by atoms with Crippen molar-refractivity contribution in [3.8, 4) is 0 Å². The molecule has 2 N–H and O–H groups in total. The van der Waals surface area contributed by atoms with Crippen LogP contribution in [0.3, 0.4) is 0 Å². The molecule has 2 aromatic heterocycles. The number of aryl methyl sites for hydroxylation is 1. The smallest absolute Gasteiger partial charge is 0.248 e. The Morgan fingerprint density at radius 2 is 2.28 bits per heavy atom. The topological polar surface area (TPSA) is 96.3 Å². The number of nitrogens with zero attached hydrogens (tertiary/aromatic N) is 4. The fourth-order valence-corrected chi connectivity index (χ4v) is 3.84. The molecule has 3 heterocycles. The zero-order valence-electron chi connectivity index (χ0n) is 16.7. The first kappa shape index (κ1) is 19.6. The molecule has 3 aromatic rings. The van der Waals surface area contributed by atoms with E-state index in [4.69, 9.17) is 9.84 Å². The lowest BCUT2D eigenvalue weighted by Gasteiger charge is -2.32. The predicted octanol–water partition coefficient (Wildman–Crippen LogP) is 1.98. The average Bonchev–Trinajstić information content (AvgIpc) is 3.34. The van der Waals surface area contributed by atoms with Gasteiger partial charge in [-0.05, 0) is 43.5 Å². The number of carbonyl (C=O) groups is 1. The van der Waals surface area contributed by atoms with Gasteiger partial charge in [0.05, 0.1) is 29.9 Å². The first-order chi connectivity index (χ1) is 14.1. The second-order valence-electron chi connectivity index (χ2n) is 7.60. The molecule has 0 radical (unpaired) electrons. The molecule has 1 aromatic carbocycles. The molecule has 0 spiro atoms. The molecule has 0 saturated carbocycles. The van der Waals surface area contributed by atoms with Gasteiger partial charge in [-0.1, -0.05) is 6.07 Å². The van der Waals surface area contributed by atoms with Crippen molar-refractivity contribution in [1.29, 1.82) is 0 Å². The Balaban J connectivity index is 1.29. The Bertz CT molecular complexity index is 980. The van der Waals surface area contributed by atoms with Crippen molar-refractivity contribution in [1.82, 2.24) is 24.6 Å². The summed E-state index contributed by atoms with van der Waals surface area (Å²) in [6, 6.07) is 8.03. The van der Waals surface area contributed by atoms with Gasteiger partial charge in [-0.2, -0.15) is 5.10 Å². The molecule has 8 nitrogen and oxygen atoms in total. The zero-order chi connectivity index (χ0) is 20.2. The van der Waals surface area contributed by atoms with E-state index in [9.17, 15) is 4.79 Å². The van der Waals surface area contributed by atoms with Gasteiger partial charge in [0.15, 0.2) is 0 Å². The molecular formula is C21H27N5O3. The summed E-state index contributed by atoms with van der Waals surface area (Å²) in [5.74, 6) is 0.951. The minimum absolute atomic E-state index is 0.00329. The minimum atomic E-state index is -0.00329. The fraction of sp³-hybridized carbons (Fsp3) is 0.476. The third-order valence-electron chi connectivity index (χ3n) is 5.33. The minimum Gasteiger partial charge on any atom is -0.394 e. The number of ether oxygens (including phenoxy) is 1. The number of rotatable bonds is 7. The second-order valence-corrected chi connectivity index (χ2v) is 7.60. The average molecular weight is 397 g/mol. The maximum atomic E-state index is 12.6. The molecule has 0 bridgehead atoms. The SMILES string of the molecule is Cc1ccc2nc(COCC(=O)N3CCC[C@@H](c4ccn(CCO)n4)C3)[nH]c2c1. The number of aliphatic hydroxyl groups excluding tert-OH is 1. The van der Waals surface area contributed by atoms with Crippen molar-refractivity contribution in [3.05, 3.63) is 47.5 Å². The van der Waals surface area contributed by atoms with Gasteiger partial charge in [-0.15, -0.1) is 0 Å². The van der Waals surface area contributed by atoms with E-state index in [0.717, 1.165) is 41.9 Å². The molecule has 4 rings (SSSR count). The van der Waals surface area contributed by atoms with Crippen LogP contribution in [0, 0.1) is 6.92 Å². The number of benzene rings is 1. The number of aliphatic hydroxyl groups is 1. The van der Waals surface area contributed by atoms with E-state index in [1.807, 2.05) is 42.3 Å². The van der Waals surface area contributed by atoms with Gasteiger partial charge in [-0.25, -0.2) is 4.98 Å². The van der Waals surface area contributed by atoms with Crippen LogP contribution in [-0.2, 0) is 22.7 Å². The van der Waals surface area contributed by atoms with Crippen LogP contribution >= 0.6 is 0 Å². The lowest BCUT2D eigenvalue weighted by atomic mass is 9.95. The standard InChI is InChI=1S/C21H27N5O3/c1-15-4-5-18-19(11-15)23-20(22-18)13-29-14-21(28)25-7-2-3-16(12-25)17-6-8-26(24-17)9-10-27/h4-6,8,11,16,27H,2-3,7,9-10,12-14H2,1H3,(H,22,23)/t16-/m1/s1. The van der Waals surface area contributed by atoms with Crippen molar-refractivity contribution in [2.24, 2.45) is 0 Å². The fourth-order valence-electron chi connectivity index (χ4n) is 3.84. The summed E-state index contributed by atoms with van der Waals surface area (Å²) < 4.78 is 7.38. The Kier molecular flexibility index (Phi) is 5.92. The molecule has 1 amide bonds. The number of imidazole rings is 1. The summed E-state index contributed by atoms with van der Waals surface area (Å²) in [4.78, 5) is 22.2. The number of aromatic amines is 1. The molecule has 1 atom stereocenters. The summed E-state index contributed by atoms with van der Waals surface area (Å²) >= 11 is 0. The van der Waals surface area contributed by atoms with Gasteiger partial charge >= 0.3 is 0 Å². The lowest BCUT2D eigenvalue weighted by Crippen LogP contribution is -2.41. The molecule has 0 unspecified atom stereocenters. The number of H-pyrrole nitrogens is 1. The Morgan fingerprint density at radius 3 is 3.14 bits per heavy atom. The van der Waals surface area contributed by atoms with Crippen LogP contribution < -0.4 is 0 Å². The third kappa shape index (κ3) is 4.65. The van der Waals surface area contributed by atoms with Crippen LogP contribution in [0.4, 0.5) is 0 Å². The van der Waals surface area contributed by atoms with Crippen molar-refractivity contribution < 1.29 is 14.6 Å². The van der Waals surface area contributed by atoms with E-state index < -0.39 is 0 Å². The molecule has 29 heavy (non-hydrogen) atoms. The first-order valence-corrected chi connectivity index (χ1v) is 10.1. The van der Waals surface area contributed by atoms with E-state index >= 15 is 0 Å². The van der Waals surface area contributed by atoms with Crippen LogP contribution in [0.25, 0.3) is 11.0 Å². The molecule has 1 aliphatic rings. The summed E-state index contributed by atoms with van der Waals surface area (Å²) in [6.45, 7) is 4.33. The monoisotopic (exact) mass is 397 g/mol. The number of fused-ring (bicyclic) bond motifs is 1. The Morgan fingerprint density at radius 1 is 1.38 bits per heavy atom. The van der Waals surface area contributed by atoms with Gasteiger partial charge in [-0.3, -0.25) is 9.48 Å². The molecular weight excluding hydrogens is 370 g/mol. The number of piperidine rings is 1. The van der Waals surface area contributed by atoms with Crippen LogP contribution in [-0.4, -0.2) is 62.0 Å². The van der Waals surface area contributed by atoms with E-state index in [-0.39, 0.29) is 31.6 Å². The number of hydrogen-bond donors (Lipinski definition) is 2. The molecule has 1 aliphatic heterocycles. The largest absolute Gasteiger partial charge is 0.394 e. The van der Waals surface area contributed by atoms with Gasteiger partial charge in [0.2, 0.25) is 5.91 Å². The number of aromatic nitrogens is 4. The highest BCUT2D eigenvalue weighted by Crippen LogP contribution is 2.25. The normalized spacial score (nSPS) is 17.2. The van der Waals surface area contributed by atoms with E-state index in [0.29, 0.717) is 13.1 Å². The third-order valence-corrected chi connectivity index (χ3v) is 5.33. The van der Waals surface area contributed by atoms with Crippen LogP contribution in [0.5, 0.6) is 0 Å². The molecule has 1 saturated heterocycles. The number of likely N-dealkylation sites (tertiary alicyclic amines) is 1. The highest BCUT2D eigenvalue weighted by molar-refractivity contribution is 5.78. The second kappa shape index (κ2) is 8.75. The maximum absolute atomic E-state index is 12.6. The van der Waals surface area contributed by atoms with Gasteiger partial charge < -0.3 is 19.7 Å². The highest BCUT2D eigenvalue weighted by Gasteiger charge is 2.26.